The number of nitrogens with zero attached hydrogens (tertiary/aromatic N) is 1. The predicted molar refractivity (Wildman–Crippen MR) is 159 cm³/mol. The van der Waals surface area contributed by atoms with E-state index in [-0.39, 0.29) is 45.3 Å². The topological polar surface area (TPSA) is 148 Å². The van der Waals surface area contributed by atoms with Crippen molar-refractivity contribution in [2.45, 2.75) is 41.6 Å². The Balaban J connectivity index is 1.10. The number of piperidine rings is 1. The lowest BCUT2D eigenvalue weighted by molar-refractivity contribution is -0.118. The number of nitrogens with one attached hydrogen (secondary N) is 3. The van der Waals surface area contributed by atoms with Gasteiger partial charge in [-0.3, -0.25) is 19.6 Å². The van der Waals surface area contributed by atoms with Crippen molar-refractivity contribution in [3.05, 3.63) is 83.9 Å². The summed E-state index contributed by atoms with van der Waals surface area (Å²) >= 11 is 1.04. The summed E-state index contributed by atoms with van der Waals surface area (Å²) in [4.78, 5) is 25.6. The SMILES string of the molecule is O=C1NC(=O)C(Cc2ccc(N3CCC(NC[C@H](O)c4ccc(O)c(NS(=O)(=O)c5ccccc5)c4)CC3)cc2)S1. The van der Waals surface area contributed by atoms with Crippen molar-refractivity contribution in [1.82, 2.24) is 10.6 Å². The molecule has 3 aromatic carbocycles. The lowest BCUT2D eigenvalue weighted by Gasteiger charge is -2.34. The van der Waals surface area contributed by atoms with Crippen LogP contribution in [-0.4, -0.2) is 60.7 Å². The monoisotopic (exact) mass is 596 g/mol. The van der Waals surface area contributed by atoms with Crippen molar-refractivity contribution in [1.29, 1.82) is 0 Å². The summed E-state index contributed by atoms with van der Waals surface area (Å²) in [6.45, 7) is 1.96. The maximum absolute atomic E-state index is 12.7. The van der Waals surface area contributed by atoms with Gasteiger partial charge in [0.1, 0.15) is 5.75 Å². The highest BCUT2D eigenvalue weighted by molar-refractivity contribution is 8.15. The first-order chi connectivity index (χ1) is 19.7. The first-order valence-electron chi connectivity index (χ1n) is 13.4. The first kappa shape index (κ1) is 28.9. The van der Waals surface area contributed by atoms with Crippen LogP contribution < -0.4 is 20.3 Å². The van der Waals surface area contributed by atoms with E-state index in [1.54, 1.807) is 24.3 Å². The van der Waals surface area contributed by atoms with Crippen molar-refractivity contribution >= 4 is 44.3 Å². The molecule has 1 unspecified atom stereocenters. The number of rotatable bonds is 10. The molecule has 0 spiro atoms. The number of hydrogen-bond acceptors (Lipinski definition) is 9. The number of imide groups is 1. The second-order valence-electron chi connectivity index (χ2n) is 10.1. The summed E-state index contributed by atoms with van der Waals surface area (Å²) < 4.78 is 27.8. The molecule has 0 saturated carbocycles. The van der Waals surface area contributed by atoms with E-state index in [4.69, 9.17) is 0 Å². The van der Waals surface area contributed by atoms with Crippen LogP contribution >= 0.6 is 11.8 Å². The van der Waals surface area contributed by atoms with Gasteiger partial charge in [-0.2, -0.15) is 0 Å². The summed E-state index contributed by atoms with van der Waals surface area (Å²) in [5, 5.41) is 26.1. The van der Waals surface area contributed by atoms with Gasteiger partial charge in [0.25, 0.3) is 15.3 Å². The predicted octanol–water partition coefficient (Wildman–Crippen LogP) is 3.38. The number of sulfonamides is 1. The molecule has 2 saturated heterocycles. The number of amides is 2. The van der Waals surface area contributed by atoms with E-state index in [0.717, 1.165) is 48.9 Å². The van der Waals surface area contributed by atoms with E-state index in [1.807, 2.05) is 24.3 Å². The molecule has 2 heterocycles. The van der Waals surface area contributed by atoms with E-state index >= 15 is 0 Å². The Labute approximate surface area is 243 Å². The second-order valence-corrected chi connectivity index (χ2v) is 13.0. The summed E-state index contributed by atoms with van der Waals surface area (Å²) in [5.41, 5.74) is 2.59. The van der Waals surface area contributed by atoms with E-state index < -0.39 is 16.1 Å². The highest BCUT2D eigenvalue weighted by Crippen LogP contribution is 2.30. The van der Waals surface area contributed by atoms with Gasteiger partial charge < -0.3 is 20.4 Å². The second kappa shape index (κ2) is 12.5. The van der Waals surface area contributed by atoms with Crippen LogP contribution in [0, 0.1) is 0 Å². The number of thioether (sulfide) groups is 1. The fourth-order valence-corrected chi connectivity index (χ4v) is 6.91. The summed E-state index contributed by atoms with van der Waals surface area (Å²) in [6.07, 6.45) is 1.38. The average Bonchev–Trinajstić information content (AvgIpc) is 3.29. The number of aromatic hydroxyl groups is 1. The molecule has 216 valence electrons. The molecule has 12 heteroatoms. The summed E-state index contributed by atoms with van der Waals surface area (Å²) in [6, 6.07) is 20.6. The molecule has 5 rings (SSSR count). The van der Waals surface area contributed by atoms with Crippen molar-refractivity contribution in [3.63, 3.8) is 0 Å². The van der Waals surface area contributed by atoms with Crippen LogP contribution in [0.3, 0.4) is 0 Å². The third kappa shape index (κ3) is 7.20. The summed E-state index contributed by atoms with van der Waals surface area (Å²) in [7, 11) is -3.89. The van der Waals surface area contributed by atoms with Gasteiger partial charge in [-0.25, -0.2) is 8.42 Å². The Morgan fingerprint density at radius 3 is 2.37 bits per heavy atom. The Morgan fingerprint density at radius 2 is 1.71 bits per heavy atom. The zero-order valence-electron chi connectivity index (χ0n) is 22.2. The van der Waals surface area contributed by atoms with Crippen LogP contribution in [0.15, 0.2) is 77.7 Å². The Hall–Kier alpha value is -3.58. The largest absolute Gasteiger partial charge is 0.506 e. The molecule has 0 radical (unpaired) electrons. The van der Waals surface area contributed by atoms with E-state index in [1.165, 1.54) is 24.3 Å². The molecule has 10 nitrogen and oxygen atoms in total. The Bertz CT molecular complexity index is 1490. The number of benzene rings is 3. The quantitative estimate of drug-likeness (QED) is 0.222. The molecule has 2 aliphatic rings. The minimum absolute atomic E-state index is 0.00322. The Kier molecular flexibility index (Phi) is 8.83. The zero-order chi connectivity index (χ0) is 29.0. The number of aliphatic hydroxyl groups excluding tert-OH is 1. The van der Waals surface area contributed by atoms with Crippen LogP contribution in [0.25, 0.3) is 0 Å². The van der Waals surface area contributed by atoms with Crippen molar-refractivity contribution in [2.75, 3.05) is 29.3 Å². The highest BCUT2D eigenvalue weighted by Gasteiger charge is 2.31. The number of anilines is 2. The molecule has 0 aromatic heterocycles. The molecular formula is C29H32N4O6S2. The normalized spacial score (nSPS) is 18.8. The third-order valence-corrected chi connectivity index (χ3v) is 9.65. The zero-order valence-corrected chi connectivity index (χ0v) is 23.8. The lowest BCUT2D eigenvalue weighted by atomic mass is 10.0. The molecule has 0 bridgehead atoms. The van der Waals surface area contributed by atoms with Crippen LogP contribution in [0.5, 0.6) is 5.75 Å². The number of aliphatic hydroxyl groups is 1. The number of carbonyl (C=O) groups is 2. The first-order valence-corrected chi connectivity index (χ1v) is 15.7. The highest BCUT2D eigenvalue weighted by atomic mass is 32.2. The molecule has 2 atom stereocenters. The molecule has 0 aliphatic carbocycles. The molecule has 5 N–H and O–H groups in total. The van der Waals surface area contributed by atoms with E-state index in [2.05, 4.69) is 20.3 Å². The molecule has 2 fully saturated rings. The summed E-state index contributed by atoms with van der Waals surface area (Å²) in [5.74, 6) is -0.464. The van der Waals surface area contributed by atoms with Crippen molar-refractivity contribution in [2.24, 2.45) is 0 Å². The van der Waals surface area contributed by atoms with Gasteiger partial charge in [0, 0.05) is 31.4 Å². The minimum Gasteiger partial charge on any atom is -0.506 e. The fraction of sp³-hybridized carbons (Fsp3) is 0.310. The van der Waals surface area contributed by atoms with Gasteiger partial charge >= 0.3 is 0 Å². The minimum atomic E-state index is -3.89. The molecule has 2 aliphatic heterocycles. The van der Waals surface area contributed by atoms with E-state index in [9.17, 15) is 28.2 Å². The fourth-order valence-electron chi connectivity index (χ4n) is 4.97. The van der Waals surface area contributed by atoms with Gasteiger partial charge in [-0.1, -0.05) is 48.2 Å². The van der Waals surface area contributed by atoms with Crippen LogP contribution in [0.4, 0.5) is 16.2 Å². The van der Waals surface area contributed by atoms with Crippen LogP contribution in [0.2, 0.25) is 0 Å². The number of phenols is 1. The average molecular weight is 597 g/mol. The van der Waals surface area contributed by atoms with E-state index in [0.29, 0.717) is 12.0 Å². The Morgan fingerprint density at radius 1 is 1.00 bits per heavy atom. The molecule has 2 amide bonds. The van der Waals surface area contributed by atoms with Gasteiger partial charge in [-0.05, 0) is 66.8 Å². The van der Waals surface area contributed by atoms with Gasteiger partial charge in [0.15, 0.2) is 0 Å². The number of carbonyl (C=O) groups excluding carboxylic acids is 2. The van der Waals surface area contributed by atoms with Crippen molar-refractivity contribution < 1.29 is 28.2 Å². The number of phenolic OH excluding ortho intramolecular Hbond substituents is 1. The maximum Gasteiger partial charge on any atom is 0.286 e. The van der Waals surface area contributed by atoms with Crippen LogP contribution in [0.1, 0.15) is 30.1 Å². The molecule has 41 heavy (non-hydrogen) atoms. The molecule has 3 aromatic rings. The van der Waals surface area contributed by atoms with Crippen molar-refractivity contribution in [3.8, 4) is 5.75 Å². The van der Waals surface area contributed by atoms with Crippen LogP contribution in [-0.2, 0) is 21.2 Å². The smallest absolute Gasteiger partial charge is 0.286 e. The standard InChI is InChI=1S/C29H32N4O6S2/c34-25-11-8-20(17-24(25)32-41(38,39)23-4-2-1-3-5-23)26(35)18-30-21-12-14-33(15-13-21)22-9-6-19(7-10-22)16-27-28(36)31-29(37)40-27/h1-11,17,21,26-27,30,32,34-35H,12-16,18H2,(H,31,36,37)/t26-,27?/m0/s1. The lowest BCUT2D eigenvalue weighted by Crippen LogP contribution is -2.43. The van der Waals surface area contributed by atoms with Gasteiger partial charge in [-0.15, -0.1) is 0 Å². The maximum atomic E-state index is 12.7. The third-order valence-electron chi connectivity index (χ3n) is 7.29. The molecular weight excluding hydrogens is 564 g/mol. The van der Waals surface area contributed by atoms with Gasteiger partial charge in [0.2, 0.25) is 5.91 Å². The van der Waals surface area contributed by atoms with Gasteiger partial charge in [0.05, 0.1) is 21.9 Å². The number of hydrogen-bond donors (Lipinski definition) is 5.